The molecular weight excluding hydrogens is 230 g/mol. The van der Waals surface area contributed by atoms with Gasteiger partial charge in [0.05, 0.1) is 0 Å². The van der Waals surface area contributed by atoms with E-state index in [9.17, 15) is 0 Å². The van der Waals surface area contributed by atoms with Gasteiger partial charge in [0.15, 0.2) is 0 Å². The van der Waals surface area contributed by atoms with Gasteiger partial charge in [-0.1, -0.05) is 50.1 Å². The molecule has 1 heterocycles. The van der Waals surface area contributed by atoms with Crippen LogP contribution in [0.15, 0.2) is 30.3 Å². The second-order valence-corrected chi connectivity index (χ2v) is 6.17. The lowest BCUT2D eigenvalue weighted by molar-refractivity contribution is 0.189. The lowest BCUT2D eigenvalue weighted by atomic mass is 9.99. The maximum Gasteiger partial charge on any atom is -0.00162 e. The van der Waals surface area contributed by atoms with E-state index in [0.717, 1.165) is 5.92 Å². The van der Waals surface area contributed by atoms with Crippen molar-refractivity contribution in [1.82, 2.24) is 4.90 Å². The van der Waals surface area contributed by atoms with Gasteiger partial charge in [-0.2, -0.15) is 0 Å². The molecule has 1 fully saturated rings. The maximum atomic E-state index is 2.66. The molecule has 19 heavy (non-hydrogen) atoms. The van der Waals surface area contributed by atoms with Crippen molar-refractivity contribution in [2.24, 2.45) is 5.92 Å². The largest absolute Gasteiger partial charge is 0.303 e. The molecule has 1 aromatic rings. The topological polar surface area (TPSA) is 3.24 Å². The third-order valence-electron chi connectivity index (χ3n) is 4.41. The third-order valence-corrected chi connectivity index (χ3v) is 4.41. The molecule has 0 aromatic heterocycles. The van der Waals surface area contributed by atoms with Crippen molar-refractivity contribution >= 4 is 0 Å². The van der Waals surface area contributed by atoms with Crippen molar-refractivity contribution in [3.63, 3.8) is 0 Å². The predicted octanol–water partition coefficient (Wildman–Crippen LogP) is 4.52. The maximum absolute atomic E-state index is 2.66. The molecule has 0 unspecified atom stereocenters. The van der Waals surface area contributed by atoms with Gasteiger partial charge in [-0.05, 0) is 63.2 Å². The Morgan fingerprint density at radius 3 is 2.37 bits per heavy atom. The Morgan fingerprint density at radius 2 is 1.63 bits per heavy atom. The highest BCUT2D eigenvalue weighted by Crippen LogP contribution is 2.16. The summed E-state index contributed by atoms with van der Waals surface area (Å²) < 4.78 is 0. The number of hydrogen-bond acceptors (Lipinski definition) is 1. The molecular formula is C18H29N. The van der Waals surface area contributed by atoms with Crippen molar-refractivity contribution < 1.29 is 0 Å². The predicted molar refractivity (Wildman–Crippen MR) is 83.5 cm³/mol. The van der Waals surface area contributed by atoms with Gasteiger partial charge in [0.1, 0.15) is 0 Å². The third kappa shape index (κ3) is 5.78. The normalized spacial score (nSPS) is 17.7. The van der Waals surface area contributed by atoms with Gasteiger partial charge >= 0.3 is 0 Å². The minimum atomic E-state index is 0.960. The van der Waals surface area contributed by atoms with Crippen molar-refractivity contribution in [3.8, 4) is 0 Å². The number of unbranched alkanes of at least 4 members (excludes halogenated alkanes) is 3. The fraction of sp³-hybridized carbons (Fsp3) is 0.667. The quantitative estimate of drug-likeness (QED) is 0.651. The molecule has 2 rings (SSSR count). The first-order chi connectivity index (χ1) is 9.34. The Kier molecular flexibility index (Phi) is 6.43. The standard InChI is InChI=1S/C18H29N/c1-17-12-15-19(16-13-17)14-8-3-2-5-9-18-10-6-4-7-11-18/h4,6-7,10-11,17H,2-3,5,8-9,12-16H2,1H3. The number of nitrogens with zero attached hydrogens (tertiary/aromatic N) is 1. The molecule has 106 valence electrons. The molecule has 1 saturated heterocycles. The number of aryl methyl sites for hydroxylation is 1. The van der Waals surface area contributed by atoms with Crippen LogP contribution in [0.4, 0.5) is 0 Å². The van der Waals surface area contributed by atoms with Crippen LogP contribution in [0.25, 0.3) is 0 Å². The van der Waals surface area contributed by atoms with Gasteiger partial charge in [0.25, 0.3) is 0 Å². The number of rotatable bonds is 7. The van der Waals surface area contributed by atoms with E-state index in [-0.39, 0.29) is 0 Å². The van der Waals surface area contributed by atoms with Crippen LogP contribution in [0.1, 0.15) is 51.0 Å². The van der Waals surface area contributed by atoms with Gasteiger partial charge in [-0.25, -0.2) is 0 Å². The van der Waals surface area contributed by atoms with Crippen LogP contribution >= 0.6 is 0 Å². The molecule has 0 bridgehead atoms. The summed E-state index contributed by atoms with van der Waals surface area (Å²) in [5.74, 6) is 0.960. The molecule has 0 spiro atoms. The van der Waals surface area contributed by atoms with Gasteiger partial charge in [-0.3, -0.25) is 0 Å². The van der Waals surface area contributed by atoms with E-state index in [4.69, 9.17) is 0 Å². The Balaban J connectivity index is 1.46. The van der Waals surface area contributed by atoms with Crippen LogP contribution in [0.3, 0.4) is 0 Å². The molecule has 1 heteroatoms. The van der Waals surface area contributed by atoms with Crippen molar-refractivity contribution in [1.29, 1.82) is 0 Å². The Labute approximate surface area is 119 Å². The molecule has 0 atom stereocenters. The van der Waals surface area contributed by atoms with Crippen LogP contribution in [-0.2, 0) is 6.42 Å². The van der Waals surface area contributed by atoms with Gasteiger partial charge < -0.3 is 4.90 Å². The molecule has 1 aliphatic rings. The zero-order chi connectivity index (χ0) is 13.3. The average Bonchev–Trinajstić information content (AvgIpc) is 2.46. The van der Waals surface area contributed by atoms with Crippen molar-refractivity contribution in [2.75, 3.05) is 19.6 Å². The van der Waals surface area contributed by atoms with Gasteiger partial charge in [-0.15, -0.1) is 0 Å². The Morgan fingerprint density at radius 1 is 0.947 bits per heavy atom. The molecule has 0 amide bonds. The average molecular weight is 259 g/mol. The molecule has 0 radical (unpaired) electrons. The van der Waals surface area contributed by atoms with E-state index >= 15 is 0 Å². The smallest absolute Gasteiger partial charge is 0.00162 e. The van der Waals surface area contributed by atoms with E-state index in [2.05, 4.69) is 42.2 Å². The van der Waals surface area contributed by atoms with Gasteiger partial charge in [0, 0.05) is 0 Å². The highest BCUT2D eigenvalue weighted by molar-refractivity contribution is 5.14. The second kappa shape index (κ2) is 8.37. The highest BCUT2D eigenvalue weighted by atomic mass is 15.1. The van der Waals surface area contributed by atoms with E-state index in [1.165, 1.54) is 70.1 Å². The summed E-state index contributed by atoms with van der Waals surface area (Å²) in [6.45, 7) is 6.40. The number of piperidine rings is 1. The summed E-state index contributed by atoms with van der Waals surface area (Å²) in [4.78, 5) is 2.66. The van der Waals surface area contributed by atoms with E-state index in [1.54, 1.807) is 0 Å². The van der Waals surface area contributed by atoms with Crippen LogP contribution in [0.2, 0.25) is 0 Å². The molecule has 1 aliphatic heterocycles. The van der Waals surface area contributed by atoms with Crippen molar-refractivity contribution in [3.05, 3.63) is 35.9 Å². The molecule has 0 saturated carbocycles. The van der Waals surface area contributed by atoms with Crippen molar-refractivity contribution in [2.45, 2.75) is 51.9 Å². The first-order valence-corrected chi connectivity index (χ1v) is 8.11. The van der Waals surface area contributed by atoms with E-state index in [0.29, 0.717) is 0 Å². The Bertz CT molecular complexity index is 325. The first-order valence-electron chi connectivity index (χ1n) is 8.11. The van der Waals surface area contributed by atoms with Gasteiger partial charge in [0.2, 0.25) is 0 Å². The van der Waals surface area contributed by atoms with Crippen LogP contribution in [0, 0.1) is 5.92 Å². The highest BCUT2D eigenvalue weighted by Gasteiger charge is 2.14. The summed E-state index contributed by atoms with van der Waals surface area (Å²) in [5, 5.41) is 0. The number of hydrogen-bond donors (Lipinski definition) is 0. The SMILES string of the molecule is CC1CCN(CCCCCCc2ccccc2)CC1. The summed E-state index contributed by atoms with van der Waals surface area (Å²) >= 11 is 0. The summed E-state index contributed by atoms with van der Waals surface area (Å²) in [7, 11) is 0. The zero-order valence-corrected chi connectivity index (χ0v) is 12.5. The lowest BCUT2D eigenvalue weighted by Gasteiger charge is -2.30. The Hall–Kier alpha value is -0.820. The molecule has 0 N–H and O–H groups in total. The minimum Gasteiger partial charge on any atom is -0.303 e. The summed E-state index contributed by atoms with van der Waals surface area (Å²) in [6.07, 6.45) is 9.60. The number of benzene rings is 1. The molecule has 1 nitrogen and oxygen atoms in total. The summed E-state index contributed by atoms with van der Waals surface area (Å²) in [5.41, 5.74) is 1.49. The van der Waals surface area contributed by atoms with Crippen LogP contribution < -0.4 is 0 Å². The molecule has 1 aromatic carbocycles. The first kappa shape index (κ1) is 14.6. The van der Waals surface area contributed by atoms with E-state index in [1.807, 2.05) is 0 Å². The summed E-state index contributed by atoms with van der Waals surface area (Å²) in [6, 6.07) is 10.9. The fourth-order valence-electron chi connectivity index (χ4n) is 2.95. The van der Waals surface area contributed by atoms with Crippen LogP contribution in [-0.4, -0.2) is 24.5 Å². The fourth-order valence-corrected chi connectivity index (χ4v) is 2.95. The number of likely N-dealkylation sites (tertiary alicyclic amines) is 1. The zero-order valence-electron chi connectivity index (χ0n) is 12.5. The molecule has 0 aliphatic carbocycles. The lowest BCUT2D eigenvalue weighted by Crippen LogP contribution is -2.33. The minimum absolute atomic E-state index is 0.960. The van der Waals surface area contributed by atoms with Crippen LogP contribution in [0.5, 0.6) is 0 Å². The second-order valence-electron chi connectivity index (χ2n) is 6.17. The monoisotopic (exact) mass is 259 g/mol. The van der Waals surface area contributed by atoms with E-state index < -0.39 is 0 Å².